The first kappa shape index (κ1) is 51.3. The number of rotatable bonds is 18. The number of ketones is 3. The number of aliphatic hydroxyl groups excluding tert-OH is 2. The summed E-state index contributed by atoms with van der Waals surface area (Å²) in [6.07, 6.45) is -5.87. The Morgan fingerprint density at radius 1 is 1.03 bits per heavy atom. The van der Waals surface area contributed by atoms with E-state index in [-0.39, 0.29) is 54.2 Å². The van der Waals surface area contributed by atoms with Crippen LogP contribution in [0.15, 0.2) is 29.9 Å². The fourth-order valence-electron chi connectivity index (χ4n) is 8.43. The number of hydrogen-bond donors (Lipinski definition) is 7. The van der Waals surface area contributed by atoms with Crippen LogP contribution in [0.4, 0.5) is 15.4 Å². The minimum atomic E-state index is -2.37. The lowest BCUT2D eigenvalue weighted by Crippen LogP contribution is -2.56. The molecule has 2 aromatic carbocycles. The molecular formula is C45H52N5O16S3+. The average molecular weight is 1020 g/mol. The Labute approximate surface area is 407 Å². The Balaban J connectivity index is 0.875. The summed E-state index contributed by atoms with van der Waals surface area (Å²) in [4.78, 5) is 75.3. The first-order valence-electron chi connectivity index (χ1n) is 21.7. The summed E-state index contributed by atoms with van der Waals surface area (Å²) < 4.78 is 35.2. The van der Waals surface area contributed by atoms with Gasteiger partial charge in [0.2, 0.25) is 11.3 Å². The lowest BCUT2D eigenvalue weighted by atomic mass is 9.72. The third-order valence-electron chi connectivity index (χ3n) is 12.0. The van der Waals surface area contributed by atoms with Crippen LogP contribution in [0, 0.1) is 13.8 Å². The lowest BCUT2D eigenvalue weighted by molar-refractivity contribution is -0.689. The molecule has 1 saturated heterocycles. The molecule has 0 radical (unpaired) electrons. The number of nitrogen functional groups attached to an aromatic ring is 1. The van der Waals surface area contributed by atoms with E-state index in [1.54, 1.807) is 13.1 Å². The van der Waals surface area contributed by atoms with Gasteiger partial charge in [-0.3, -0.25) is 14.4 Å². The van der Waals surface area contributed by atoms with E-state index in [0.717, 1.165) is 16.1 Å². The van der Waals surface area contributed by atoms with Crippen LogP contribution in [-0.2, 0) is 47.9 Å². The molecule has 24 heteroatoms. The number of phenols is 2. The summed E-state index contributed by atoms with van der Waals surface area (Å²) in [5.74, 6) is -2.32. The number of nitrogens with two attached hydrogens (primary N) is 1. The number of fused-ring (bicyclic) bond motifs is 3. The molecule has 0 bridgehead atoms. The zero-order valence-electron chi connectivity index (χ0n) is 37.9. The van der Waals surface area contributed by atoms with E-state index in [9.17, 15) is 49.5 Å². The number of aromatic hydroxyl groups is 2. The minimum Gasteiger partial charge on any atom is -0.507 e. The van der Waals surface area contributed by atoms with Crippen LogP contribution in [0.1, 0.15) is 90.8 Å². The Hall–Kier alpha value is -5.60. The maximum atomic E-state index is 14.0. The smallest absolute Gasteiger partial charge is 0.507 e. The van der Waals surface area contributed by atoms with Crippen molar-refractivity contribution in [1.82, 2.24) is 15.3 Å². The summed E-state index contributed by atoms with van der Waals surface area (Å²) in [5, 5.41) is 58.3. The molecule has 0 saturated carbocycles. The number of hydrogen-bond acceptors (Lipinski definition) is 22. The Kier molecular flexibility index (Phi) is 16.3. The predicted molar refractivity (Wildman–Crippen MR) is 248 cm³/mol. The summed E-state index contributed by atoms with van der Waals surface area (Å²) >= 11 is 1.54. The number of ether oxygens (including phenoxy) is 6. The molecule has 1 amide bonds. The minimum absolute atomic E-state index is 0.0174. The zero-order valence-corrected chi connectivity index (χ0v) is 40.4. The Morgan fingerprint density at radius 2 is 1.74 bits per heavy atom. The largest absolute Gasteiger partial charge is 0.508 e. The van der Waals surface area contributed by atoms with E-state index in [4.69, 9.17) is 34.2 Å². The van der Waals surface area contributed by atoms with Crippen molar-refractivity contribution in [2.24, 2.45) is 0 Å². The molecule has 0 spiro atoms. The van der Waals surface area contributed by atoms with Crippen molar-refractivity contribution in [3.63, 3.8) is 0 Å². The van der Waals surface area contributed by atoms with Gasteiger partial charge in [-0.05, 0) is 19.9 Å². The van der Waals surface area contributed by atoms with E-state index in [1.165, 1.54) is 65.2 Å². The van der Waals surface area contributed by atoms with E-state index in [1.807, 2.05) is 17.0 Å². The number of aromatic nitrogens is 3. The van der Waals surface area contributed by atoms with Crippen LogP contribution in [0.5, 0.6) is 17.2 Å². The highest BCUT2D eigenvalue weighted by Crippen LogP contribution is 2.52. The van der Waals surface area contributed by atoms with E-state index < -0.39 is 108 Å². The number of methoxy groups -OCH3 is 1. The standard InChI is InChI=1S/C45H51N5O16S3/c1-21-30(67-20-50(21)18-24-17-47-23(3)48-42(24)46)8-9-63-44(59)64-11-13-69-68-12-10-62-43(58)49-27-14-32(65-22(2)37(27)53)66-29-16-45(60,31(52)19-51)15-26-34(29)41(57)36-35(39(26)55)38(54)25-6-5-7-28(61-4)33(25)40(36)56/h5-7,17,20,22,27,29,32,37,51,53,60H,8-16,18-19H2,1-4H3,(H4-,46,47,48,49,54,55,56,57,58)/p+1/t22?,27?,29-,32?,37?,45?/m1/s1. The third-order valence-corrected chi connectivity index (χ3v) is 15.5. The first-order valence-corrected chi connectivity index (χ1v) is 25.1. The quantitative estimate of drug-likeness (QED) is 0.0218. The Bertz CT molecular complexity index is 2630. The maximum Gasteiger partial charge on any atom is 0.508 e. The number of nitrogens with zero attached hydrogens (tertiary/aromatic N) is 3. The molecule has 1 fully saturated rings. The number of thiazole rings is 1. The van der Waals surface area contributed by atoms with Crippen LogP contribution >= 0.6 is 32.9 Å². The van der Waals surface area contributed by atoms with Crippen molar-refractivity contribution in [3.8, 4) is 17.2 Å². The fourth-order valence-corrected chi connectivity index (χ4v) is 11.1. The second-order valence-electron chi connectivity index (χ2n) is 16.4. The number of Topliss-reactive ketones (excluding diaryl/α,β-unsaturated/α-hetero) is 1. The van der Waals surface area contributed by atoms with Gasteiger partial charge < -0.3 is 65.0 Å². The van der Waals surface area contributed by atoms with Gasteiger partial charge in [-0.2, -0.15) is 4.57 Å². The number of benzene rings is 2. The van der Waals surface area contributed by atoms with Gasteiger partial charge in [-0.25, -0.2) is 19.6 Å². The van der Waals surface area contributed by atoms with Crippen LogP contribution in [0.3, 0.4) is 0 Å². The molecule has 1 aliphatic heterocycles. The number of alkyl carbamates (subject to hydrolysis) is 1. The van der Waals surface area contributed by atoms with Crippen molar-refractivity contribution in [3.05, 3.63) is 85.2 Å². The van der Waals surface area contributed by atoms with Crippen molar-refractivity contribution in [2.75, 3.05) is 50.8 Å². The lowest BCUT2D eigenvalue weighted by Gasteiger charge is -2.42. The number of carbonyl (C=O) groups excluding carboxylic acids is 5. The molecule has 69 heavy (non-hydrogen) atoms. The Morgan fingerprint density at radius 3 is 2.45 bits per heavy atom. The first-order chi connectivity index (χ1) is 33.0. The van der Waals surface area contributed by atoms with Gasteiger partial charge >= 0.3 is 12.2 Å². The van der Waals surface area contributed by atoms with Crippen molar-refractivity contribution in [2.45, 2.75) is 89.2 Å². The van der Waals surface area contributed by atoms with Gasteiger partial charge in [0.25, 0.3) is 0 Å². The van der Waals surface area contributed by atoms with Crippen molar-refractivity contribution < 1.29 is 82.5 Å². The summed E-state index contributed by atoms with van der Waals surface area (Å²) in [5.41, 5.74) is 5.67. The second-order valence-corrected chi connectivity index (χ2v) is 20.1. The van der Waals surface area contributed by atoms with Crippen molar-refractivity contribution >= 4 is 68.3 Å². The third kappa shape index (κ3) is 11.1. The van der Waals surface area contributed by atoms with Gasteiger partial charge in [-0.15, -0.1) is 0 Å². The SMILES string of the molecule is COc1cccc2c1C(=O)c1c(O)c3c(c(O)c1C2=O)CC(O)(C(=O)CO)C[C@H]3OC1CC(NC(=O)OCCSSCCOC(=O)OCCc2sc[n+](Cc3cnc(C)nc3N)c2C)C(O)C(C)O1. The number of phenolic OH excluding ortho intramolecular Hbond substituents is 2. The molecule has 8 N–H and O–H groups in total. The van der Waals surface area contributed by atoms with E-state index in [0.29, 0.717) is 36.1 Å². The molecule has 7 rings (SSSR count). The molecule has 370 valence electrons. The molecule has 21 nitrogen and oxygen atoms in total. The highest BCUT2D eigenvalue weighted by atomic mass is 33.1. The summed E-state index contributed by atoms with van der Waals surface area (Å²) in [6.45, 7) is 4.89. The van der Waals surface area contributed by atoms with Gasteiger partial charge in [-0.1, -0.05) is 45.1 Å². The van der Waals surface area contributed by atoms with Gasteiger partial charge in [0, 0.05) is 67.0 Å². The monoisotopic (exact) mass is 1010 g/mol. The van der Waals surface area contributed by atoms with Gasteiger partial charge in [0.05, 0.1) is 59.1 Å². The topological polar surface area (TPSA) is 310 Å². The van der Waals surface area contributed by atoms with Crippen LogP contribution in [-0.4, -0.2) is 140 Å². The number of aliphatic hydroxyl groups is 3. The molecular weight excluding hydrogens is 963 g/mol. The number of carbonyl (C=O) groups is 5. The van der Waals surface area contributed by atoms with Gasteiger partial charge in [0.1, 0.15) is 60.4 Å². The molecule has 3 aliphatic rings. The number of aryl methyl sites for hydroxylation is 1. The average Bonchev–Trinajstić information content (AvgIpc) is 3.66. The van der Waals surface area contributed by atoms with Crippen molar-refractivity contribution in [1.29, 1.82) is 0 Å². The van der Waals surface area contributed by atoms with Crippen LogP contribution in [0.25, 0.3) is 0 Å². The molecule has 6 atom stereocenters. The molecule has 3 heterocycles. The normalized spacial score (nSPS) is 21.7. The number of anilines is 1. The predicted octanol–water partition coefficient (Wildman–Crippen LogP) is 2.93. The van der Waals surface area contributed by atoms with Crippen LogP contribution in [0.2, 0.25) is 0 Å². The second kappa shape index (κ2) is 22.0. The molecule has 5 unspecified atom stereocenters. The summed E-state index contributed by atoms with van der Waals surface area (Å²) in [7, 11) is 4.06. The zero-order chi connectivity index (χ0) is 49.7. The highest BCUT2D eigenvalue weighted by Gasteiger charge is 2.50. The number of amides is 1. The molecule has 4 aromatic rings. The number of nitrogens with one attached hydrogen (secondary N) is 1. The molecule has 2 aliphatic carbocycles. The van der Waals surface area contributed by atoms with E-state index >= 15 is 0 Å². The van der Waals surface area contributed by atoms with E-state index in [2.05, 4.69) is 15.3 Å². The maximum absolute atomic E-state index is 14.0. The van der Waals surface area contributed by atoms with Gasteiger partial charge in [0.15, 0.2) is 30.1 Å². The van der Waals surface area contributed by atoms with Crippen LogP contribution < -0.4 is 20.4 Å². The molecule has 2 aromatic heterocycles. The summed E-state index contributed by atoms with van der Waals surface area (Å²) in [6, 6.07) is 3.28. The fraction of sp³-hybridized carbons (Fsp3) is 0.467. The highest BCUT2D eigenvalue weighted by molar-refractivity contribution is 8.76.